The second-order valence-corrected chi connectivity index (χ2v) is 4.60. The predicted octanol–water partition coefficient (Wildman–Crippen LogP) is 1.31. The normalized spacial score (nSPS) is 14.4. The molecule has 1 aromatic carbocycles. The maximum absolute atomic E-state index is 9.22. The minimum atomic E-state index is 0.160. The molecule has 4 heteroatoms. The molecule has 3 N–H and O–H groups in total. The summed E-state index contributed by atoms with van der Waals surface area (Å²) >= 11 is 0. The van der Waals surface area contributed by atoms with Gasteiger partial charge in [0.1, 0.15) is 5.75 Å². The molecule has 0 aliphatic heterocycles. The van der Waals surface area contributed by atoms with Crippen LogP contribution in [0.4, 0.5) is 0 Å². The van der Waals surface area contributed by atoms with Crippen LogP contribution in [0.5, 0.6) is 5.75 Å². The minimum absolute atomic E-state index is 0.160. The van der Waals surface area contributed by atoms with Crippen LogP contribution in [-0.2, 0) is 11.2 Å². The SMILES string of the molecule is COCC(CCO)NC(C)Cc1ccc(O)cc1. The van der Waals surface area contributed by atoms with Crippen LogP contribution >= 0.6 is 0 Å². The van der Waals surface area contributed by atoms with Gasteiger partial charge in [-0.15, -0.1) is 0 Å². The topological polar surface area (TPSA) is 61.7 Å². The van der Waals surface area contributed by atoms with E-state index in [0.29, 0.717) is 19.1 Å². The lowest BCUT2D eigenvalue weighted by Crippen LogP contribution is -2.41. The lowest BCUT2D eigenvalue weighted by Gasteiger charge is -2.22. The van der Waals surface area contributed by atoms with Crippen LogP contribution in [0.25, 0.3) is 0 Å². The lowest BCUT2D eigenvalue weighted by molar-refractivity contribution is 0.143. The molecule has 0 saturated heterocycles. The molecule has 1 aromatic rings. The number of rotatable bonds is 8. The standard InChI is InChI=1S/C14H23NO3/c1-11(15-13(7-8-16)10-18-2)9-12-3-5-14(17)6-4-12/h3-6,11,13,15-17H,7-10H2,1-2H3. The third kappa shape index (κ3) is 5.49. The first-order valence-corrected chi connectivity index (χ1v) is 6.29. The fourth-order valence-corrected chi connectivity index (χ4v) is 2.02. The van der Waals surface area contributed by atoms with Crippen molar-refractivity contribution in [3.05, 3.63) is 29.8 Å². The number of nitrogens with one attached hydrogen (secondary N) is 1. The Hall–Kier alpha value is -1.10. The van der Waals surface area contributed by atoms with Crippen LogP contribution in [0.3, 0.4) is 0 Å². The summed E-state index contributed by atoms with van der Waals surface area (Å²) in [6, 6.07) is 7.70. The van der Waals surface area contributed by atoms with Gasteiger partial charge in [-0.2, -0.15) is 0 Å². The van der Waals surface area contributed by atoms with E-state index in [2.05, 4.69) is 12.2 Å². The first kappa shape index (κ1) is 15.0. The monoisotopic (exact) mass is 253 g/mol. The van der Waals surface area contributed by atoms with Gasteiger partial charge in [0.05, 0.1) is 6.61 Å². The van der Waals surface area contributed by atoms with Crippen molar-refractivity contribution >= 4 is 0 Å². The first-order valence-electron chi connectivity index (χ1n) is 6.29. The molecule has 2 atom stereocenters. The van der Waals surface area contributed by atoms with E-state index in [1.807, 2.05) is 12.1 Å². The van der Waals surface area contributed by atoms with E-state index in [1.165, 1.54) is 5.56 Å². The van der Waals surface area contributed by atoms with Crippen LogP contribution in [0.2, 0.25) is 0 Å². The Morgan fingerprint density at radius 2 is 1.94 bits per heavy atom. The van der Waals surface area contributed by atoms with Gasteiger partial charge in [-0.3, -0.25) is 0 Å². The molecule has 18 heavy (non-hydrogen) atoms. The summed E-state index contributed by atoms with van der Waals surface area (Å²) in [5.41, 5.74) is 1.17. The molecule has 0 bridgehead atoms. The summed E-state index contributed by atoms with van der Waals surface area (Å²) < 4.78 is 5.12. The molecule has 0 aromatic heterocycles. The highest BCUT2D eigenvalue weighted by Gasteiger charge is 2.11. The Kier molecular flexibility index (Phi) is 6.72. The molecule has 4 nitrogen and oxygen atoms in total. The van der Waals surface area contributed by atoms with Gasteiger partial charge < -0.3 is 20.3 Å². The maximum atomic E-state index is 9.22. The number of hydrogen-bond donors (Lipinski definition) is 3. The molecule has 0 amide bonds. The number of benzene rings is 1. The zero-order chi connectivity index (χ0) is 13.4. The molecule has 0 saturated carbocycles. The molecule has 0 radical (unpaired) electrons. The van der Waals surface area contributed by atoms with Gasteiger partial charge in [-0.05, 0) is 37.5 Å². The number of phenols is 1. The van der Waals surface area contributed by atoms with Gasteiger partial charge in [-0.1, -0.05) is 12.1 Å². The third-order valence-corrected chi connectivity index (χ3v) is 2.84. The van der Waals surface area contributed by atoms with Crippen molar-refractivity contribution in [2.45, 2.75) is 31.8 Å². The Balaban J connectivity index is 2.43. The van der Waals surface area contributed by atoms with E-state index >= 15 is 0 Å². The average Bonchev–Trinajstić information content (AvgIpc) is 2.33. The van der Waals surface area contributed by atoms with Crippen LogP contribution in [0.1, 0.15) is 18.9 Å². The molecule has 102 valence electrons. The lowest BCUT2D eigenvalue weighted by atomic mass is 10.1. The smallest absolute Gasteiger partial charge is 0.115 e. The van der Waals surface area contributed by atoms with Gasteiger partial charge in [-0.25, -0.2) is 0 Å². The third-order valence-electron chi connectivity index (χ3n) is 2.84. The summed E-state index contributed by atoms with van der Waals surface area (Å²) in [4.78, 5) is 0. The molecule has 2 unspecified atom stereocenters. The highest BCUT2D eigenvalue weighted by Crippen LogP contribution is 2.11. The van der Waals surface area contributed by atoms with Crippen molar-refractivity contribution in [2.24, 2.45) is 0 Å². The Labute approximate surface area is 109 Å². The van der Waals surface area contributed by atoms with Gasteiger partial charge in [0.15, 0.2) is 0 Å². The van der Waals surface area contributed by atoms with Crippen molar-refractivity contribution in [1.82, 2.24) is 5.32 Å². The number of phenolic OH excluding ortho intramolecular Hbond substituents is 1. The van der Waals surface area contributed by atoms with Crippen molar-refractivity contribution < 1.29 is 14.9 Å². The summed E-state index contributed by atoms with van der Waals surface area (Å²) in [5.74, 6) is 0.289. The second kappa shape index (κ2) is 8.08. The van der Waals surface area contributed by atoms with Gasteiger partial charge >= 0.3 is 0 Å². The molecule has 1 rings (SSSR count). The second-order valence-electron chi connectivity index (χ2n) is 4.60. The number of aromatic hydroxyl groups is 1. The zero-order valence-electron chi connectivity index (χ0n) is 11.1. The average molecular weight is 253 g/mol. The molecule has 0 aliphatic rings. The van der Waals surface area contributed by atoms with Crippen LogP contribution in [0, 0.1) is 0 Å². The summed E-state index contributed by atoms with van der Waals surface area (Å²) in [7, 11) is 1.66. The predicted molar refractivity (Wildman–Crippen MR) is 71.8 cm³/mol. The van der Waals surface area contributed by atoms with Gasteiger partial charge in [0.25, 0.3) is 0 Å². The van der Waals surface area contributed by atoms with Crippen molar-refractivity contribution in [3.8, 4) is 5.75 Å². The Morgan fingerprint density at radius 1 is 1.28 bits per heavy atom. The van der Waals surface area contributed by atoms with E-state index in [-0.39, 0.29) is 18.4 Å². The summed E-state index contributed by atoms with van der Waals surface area (Å²) in [6.45, 7) is 2.86. The van der Waals surface area contributed by atoms with E-state index in [4.69, 9.17) is 9.84 Å². The van der Waals surface area contributed by atoms with E-state index < -0.39 is 0 Å². The van der Waals surface area contributed by atoms with Gasteiger partial charge in [0, 0.05) is 25.8 Å². The van der Waals surface area contributed by atoms with Crippen molar-refractivity contribution in [2.75, 3.05) is 20.3 Å². The van der Waals surface area contributed by atoms with Crippen molar-refractivity contribution in [1.29, 1.82) is 0 Å². The molecule has 0 spiro atoms. The van der Waals surface area contributed by atoms with Gasteiger partial charge in [0.2, 0.25) is 0 Å². The number of methoxy groups -OCH3 is 1. The number of hydrogen-bond acceptors (Lipinski definition) is 4. The minimum Gasteiger partial charge on any atom is -0.508 e. The largest absolute Gasteiger partial charge is 0.508 e. The van der Waals surface area contributed by atoms with E-state index in [9.17, 15) is 5.11 Å². The number of ether oxygens (including phenoxy) is 1. The fraction of sp³-hybridized carbons (Fsp3) is 0.571. The van der Waals surface area contributed by atoms with E-state index in [0.717, 1.165) is 6.42 Å². The summed E-state index contributed by atoms with van der Waals surface area (Å²) in [5, 5.41) is 21.6. The van der Waals surface area contributed by atoms with Crippen LogP contribution in [0.15, 0.2) is 24.3 Å². The molecule has 0 fully saturated rings. The van der Waals surface area contributed by atoms with Crippen LogP contribution in [-0.4, -0.2) is 42.6 Å². The van der Waals surface area contributed by atoms with E-state index in [1.54, 1.807) is 19.2 Å². The number of aliphatic hydroxyl groups excluding tert-OH is 1. The molecule has 0 heterocycles. The fourth-order valence-electron chi connectivity index (χ4n) is 2.02. The summed E-state index contributed by atoms with van der Waals surface area (Å²) in [6.07, 6.45) is 1.57. The zero-order valence-corrected chi connectivity index (χ0v) is 11.1. The van der Waals surface area contributed by atoms with Crippen molar-refractivity contribution in [3.63, 3.8) is 0 Å². The molecule has 0 aliphatic carbocycles. The number of aliphatic hydroxyl groups is 1. The highest BCUT2D eigenvalue weighted by molar-refractivity contribution is 5.26. The van der Waals surface area contributed by atoms with Crippen LogP contribution < -0.4 is 5.32 Å². The maximum Gasteiger partial charge on any atom is 0.115 e. The Morgan fingerprint density at radius 3 is 2.50 bits per heavy atom. The first-order chi connectivity index (χ1) is 8.65. The Bertz CT molecular complexity index is 320. The molecular formula is C14H23NO3. The quantitative estimate of drug-likeness (QED) is 0.654. The molecular weight excluding hydrogens is 230 g/mol. The highest BCUT2D eigenvalue weighted by atomic mass is 16.5.